The Kier molecular flexibility index (Phi) is 6.10. The fraction of sp³-hybridized carbons (Fsp3) is 0.0526. The maximum Gasteiger partial charge on any atom is 0.235 e. The summed E-state index contributed by atoms with van der Waals surface area (Å²) in [6, 6.07) is 62.9. The molecule has 14 aromatic rings. The molecule has 5 heteroatoms. The van der Waals surface area contributed by atoms with Crippen LogP contribution in [-0.4, -0.2) is 18.9 Å². The second-order valence-electron chi connectivity index (χ2n) is 17.7. The third kappa shape index (κ3) is 3.98. The van der Waals surface area contributed by atoms with Gasteiger partial charge in [0, 0.05) is 64.2 Å². The SMILES string of the molecule is CC1(C)c2ccccc2-c2ccc(-c3nc(-n4c5cccc6c7cccc8c9ccc%10c%11ccccc%11sc%10c9n(c9cccc4c9c65)c78)nc4c3ccc3ccccc34)cc21. The number of thiophene rings is 1. The molecule has 0 fully saturated rings. The summed E-state index contributed by atoms with van der Waals surface area (Å²) in [4.78, 5) is 11.3. The molecule has 0 radical (unpaired) electrons. The van der Waals surface area contributed by atoms with Crippen molar-refractivity contribution < 1.29 is 0 Å². The van der Waals surface area contributed by atoms with Crippen LogP contribution in [0.5, 0.6) is 0 Å². The molecule has 15 rings (SSSR count). The van der Waals surface area contributed by atoms with Gasteiger partial charge in [0.1, 0.15) is 0 Å². The smallest absolute Gasteiger partial charge is 0.235 e. The highest BCUT2D eigenvalue weighted by Crippen LogP contribution is 2.51. The van der Waals surface area contributed by atoms with E-state index in [0.29, 0.717) is 5.95 Å². The maximum absolute atomic E-state index is 5.68. The van der Waals surface area contributed by atoms with Gasteiger partial charge in [-0.1, -0.05) is 147 Å². The van der Waals surface area contributed by atoms with Crippen molar-refractivity contribution in [2.24, 2.45) is 0 Å². The molecule has 5 aromatic heterocycles. The number of hydrogen-bond donors (Lipinski definition) is 0. The maximum atomic E-state index is 5.68. The molecule has 0 amide bonds. The lowest BCUT2D eigenvalue weighted by Gasteiger charge is -2.22. The van der Waals surface area contributed by atoms with Gasteiger partial charge in [-0.3, -0.25) is 4.57 Å². The number of aromatic nitrogens is 4. The van der Waals surface area contributed by atoms with Crippen molar-refractivity contribution in [1.29, 1.82) is 0 Å². The lowest BCUT2D eigenvalue weighted by molar-refractivity contribution is 0.660. The molecular weight excluding hydrogens is 773 g/mol. The molecule has 0 N–H and O–H groups in total. The Labute approximate surface area is 358 Å². The molecule has 0 spiro atoms. The highest BCUT2D eigenvalue weighted by atomic mass is 32.1. The summed E-state index contributed by atoms with van der Waals surface area (Å²) in [7, 11) is 0. The summed E-state index contributed by atoms with van der Waals surface area (Å²) in [5.74, 6) is 0.671. The first kappa shape index (κ1) is 33.2. The van der Waals surface area contributed by atoms with E-state index in [1.165, 1.54) is 91.3 Å². The first-order chi connectivity index (χ1) is 30.5. The molecule has 0 saturated carbocycles. The van der Waals surface area contributed by atoms with Crippen LogP contribution in [0.4, 0.5) is 0 Å². The highest BCUT2D eigenvalue weighted by molar-refractivity contribution is 7.26. The second kappa shape index (κ2) is 11.4. The zero-order chi connectivity index (χ0) is 40.6. The van der Waals surface area contributed by atoms with Crippen molar-refractivity contribution in [2.75, 3.05) is 0 Å². The average Bonchev–Trinajstić information content (AvgIpc) is 4.01. The quantitative estimate of drug-likeness (QED) is 0.163. The first-order valence-corrected chi connectivity index (χ1v) is 22.2. The highest BCUT2D eigenvalue weighted by Gasteiger charge is 2.35. The van der Waals surface area contributed by atoms with Gasteiger partial charge >= 0.3 is 0 Å². The van der Waals surface area contributed by atoms with Crippen molar-refractivity contribution >= 4 is 113 Å². The molecule has 0 unspecified atom stereocenters. The number of hydrogen-bond acceptors (Lipinski definition) is 3. The number of rotatable bonds is 2. The summed E-state index contributed by atoms with van der Waals surface area (Å²) in [6.07, 6.45) is 0. The van der Waals surface area contributed by atoms with E-state index >= 15 is 0 Å². The van der Waals surface area contributed by atoms with E-state index in [9.17, 15) is 0 Å². The van der Waals surface area contributed by atoms with Crippen LogP contribution in [-0.2, 0) is 5.41 Å². The number of para-hydroxylation sites is 1. The van der Waals surface area contributed by atoms with E-state index in [4.69, 9.17) is 9.97 Å². The molecule has 9 aromatic carbocycles. The van der Waals surface area contributed by atoms with Crippen LogP contribution in [0.2, 0.25) is 0 Å². The Morgan fingerprint density at radius 1 is 0.468 bits per heavy atom. The molecular formula is C57H34N4S. The largest absolute Gasteiger partial charge is 0.306 e. The standard InChI is InChI=1S/C57H34N4S/c1-57(2)43-19-7-5-14-34(43)35-26-25-32(30-44(35)57)51-42-27-24-31-12-3-4-13-33(31)52(42)59-56(58-51)60-45-20-10-16-37-38-17-9-18-39-40-28-29-41-36-15-6-8-23-48(36)62-55(41)54(40)61(53(38)39)47-22-11-21-46(60)50(47)49(37)45/h3-30H,1-2H3. The minimum Gasteiger partial charge on any atom is -0.306 e. The van der Waals surface area contributed by atoms with Gasteiger partial charge in [0.2, 0.25) is 5.95 Å². The van der Waals surface area contributed by atoms with E-state index in [-0.39, 0.29) is 5.41 Å². The molecule has 4 nitrogen and oxygen atoms in total. The number of nitrogens with zero attached hydrogens (tertiary/aromatic N) is 4. The summed E-state index contributed by atoms with van der Waals surface area (Å²) < 4.78 is 7.54. The second-order valence-corrected chi connectivity index (χ2v) is 18.7. The number of benzene rings is 9. The lowest BCUT2D eigenvalue weighted by atomic mass is 9.82. The fourth-order valence-corrected chi connectivity index (χ4v) is 12.8. The average molecular weight is 807 g/mol. The minimum absolute atomic E-state index is 0.139. The van der Waals surface area contributed by atoms with Crippen LogP contribution in [0.25, 0.3) is 130 Å². The van der Waals surface area contributed by atoms with Crippen LogP contribution in [0.3, 0.4) is 0 Å². The zero-order valence-electron chi connectivity index (χ0n) is 33.9. The molecule has 0 atom stereocenters. The topological polar surface area (TPSA) is 35.1 Å². The minimum atomic E-state index is -0.139. The van der Waals surface area contributed by atoms with E-state index in [0.717, 1.165) is 44.0 Å². The Morgan fingerprint density at radius 2 is 1.13 bits per heavy atom. The van der Waals surface area contributed by atoms with Crippen LogP contribution in [0.15, 0.2) is 170 Å². The monoisotopic (exact) mass is 806 g/mol. The predicted molar refractivity (Wildman–Crippen MR) is 262 cm³/mol. The molecule has 62 heavy (non-hydrogen) atoms. The molecule has 288 valence electrons. The molecule has 5 heterocycles. The van der Waals surface area contributed by atoms with Crippen LogP contribution in [0, 0.1) is 0 Å². The van der Waals surface area contributed by atoms with Crippen LogP contribution in [0.1, 0.15) is 25.0 Å². The number of fused-ring (bicyclic) bond motifs is 15. The molecule has 0 saturated heterocycles. The first-order valence-electron chi connectivity index (χ1n) is 21.4. The summed E-state index contributed by atoms with van der Waals surface area (Å²) in [5.41, 5.74) is 14.1. The van der Waals surface area contributed by atoms with Crippen LogP contribution < -0.4 is 0 Å². The van der Waals surface area contributed by atoms with Crippen LogP contribution >= 0.6 is 11.3 Å². The van der Waals surface area contributed by atoms with Gasteiger partial charge in [-0.25, -0.2) is 9.97 Å². The Balaban J connectivity index is 1.10. The lowest BCUT2D eigenvalue weighted by Crippen LogP contribution is -2.15. The van der Waals surface area contributed by atoms with Gasteiger partial charge in [-0.05, 0) is 69.4 Å². The van der Waals surface area contributed by atoms with E-state index < -0.39 is 0 Å². The summed E-state index contributed by atoms with van der Waals surface area (Å²) >= 11 is 1.90. The zero-order valence-corrected chi connectivity index (χ0v) is 34.7. The molecule has 1 aliphatic rings. The van der Waals surface area contributed by atoms with Crippen molar-refractivity contribution in [3.05, 3.63) is 181 Å². The van der Waals surface area contributed by atoms with Crippen molar-refractivity contribution in [3.8, 4) is 28.3 Å². The Hall–Kier alpha value is -7.60. The van der Waals surface area contributed by atoms with Crippen molar-refractivity contribution in [3.63, 3.8) is 0 Å². The van der Waals surface area contributed by atoms with Gasteiger partial charge in [0.25, 0.3) is 0 Å². The van der Waals surface area contributed by atoms with E-state index in [1.54, 1.807) is 0 Å². The third-order valence-electron chi connectivity index (χ3n) is 14.3. The molecule has 0 bridgehead atoms. The Bertz CT molecular complexity index is 4310. The summed E-state index contributed by atoms with van der Waals surface area (Å²) in [5, 5.41) is 13.4. The fourth-order valence-electron chi connectivity index (χ4n) is 11.5. The van der Waals surface area contributed by atoms with E-state index in [1.807, 2.05) is 11.3 Å². The predicted octanol–water partition coefficient (Wildman–Crippen LogP) is 15.4. The molecule has 0 aliphatic heterocycles. The van der Waals surface area contributed by atoms with Gasteiger partial charge in [-0.2, -0.15) is 0 Å². The van der Waals surface area contributed by atoms with Gasteiger partial charge in [0.15, 0.2) is 0 Å². The van der Waals surface area contributed by atoms with Gasteiger partial charge < -0.3 is 4.40 Å². The third-order valence-corrected chi connectivity index (χ3v) is 15.4. The normalized spacial score (nSPS) is 13.8. The summed E-state index contributed by atoms with van der Waals surface area (Å²) in [6.45, 7) is 4.70. The Morgan fingerprint density at radius 3 is 2.05 bits per heavy atom. The van der Waals surface area contributed by atoms with Crippen molar-refractivity contribution in [2.45, 2.75) is 19.3 Å². The van der Waals surface area contributed by atoms with Gasteiger partial charge in [-0.15, -0.1) is 11.3 Å². The van der Waals surface area contributed by atoms with Gasteiger partial charge in [0.05, 0.1) is 43.5 Å². The van der Waals surface area contributed by atoms with Crippen molar-refractivity contribution in [1.82, 2.24) is 18.9 Å². The molecule has 1 aliphatic carbocycles. The van der Waals surface area contributed by atoms with E-state index in [2.05, 4.69) is 193 Å².